The number of amidine groups is 1. The molecule has 0 aliphatic carbocycles. The summed E-state index contributed by atoms with van der Waals surface area (Å²) in [4.78, 5) is 30.8. The van der Waals surface area contributed by atoms with E-state index in [-0.39, 0.29) is 5.91 Å². The van der Waals surface area contributed by atoms with E-state index in [9.17, 15) is 9.59 Å². The molecule has 1 fully saturated rings. The van der Waals surface area contributed by atoms with Gasteiger partial charge in [-0.15, -0.1) is 0 Å². The predicted molar refractivity (Wildman–Crippen MR) is 123 cm³/mol. The largest absolute Gasteiger partial charge is 0.493 e. The first-order chi connectivity index (χ1) is 15.4. The van der Waals surface area contributed by atoms with Crippen LogP contribution in [-0.4, -0.2) is 60.5 Å². The van der Waals surface area contributed by atoms with Gasteiger partial charge in [0, 0.05) is 7.11 Å². The van der Waals surface area contributed by atoms with Gasteiger partial charge in [-0.25, -0.2) is 9.79 Å². The molecule has 1 atom stereocenters. The van der Waals surface area contributed by atoms with Crippen LogP contribution in [0.15, 0.2) is 58.4 Å². The number of aliphatic carboxylic acids is 1. The van der Waals surface area contributed by atoms with Crippen molar-refractivity contribution in [2.45, 2.75) is 13.0 Å². The number of para-hydroxylation sites is 1. The molecule has 2 aromatic carbocycles. The molecule has 2 aromatic rings. The molecule has 8 nitrogen and oxygen atoms in total. The molecule has 1 aliphatic rings. The third-order valence-electron chi connectivity index (χ3n) is 4.52. The smallest absolute Gasteiger partial charge is 0.344 e. The first kappa shape index (κ1) is 23.4. The van der Waals surface area contributed by atoms with Crippen LogP contribution < -0.4 is 9.47 Å². The standard InChI is InChI=1S/C23H24N2O6S/c1-15(22(27)28)31-18-10-9-16(13-19(18)30-3)14-20-21(26)25(11-12-29-2)23(32-20)24-17-7-5-4-6-8-17/h4-10,13-15H,11-12H2,1-3H3,(H,27,28)/b20-14-,24-23?/t15-/m0/s1. The van der Waals surface area contributed by atoms with Gasteiger partial charge in [-0.05, 0) is 54.6 Å². The number of hydrogen-bond donors (Lipinski definition) is 1. The van der Waals surface area contributed by atoms with Crippen molar-refractivity contribution in [3.05, 3.63) is 59.0 Å². The van der Waals surface area contributed by atoms with Crippen molar-refractivity contribution in [1.82, 2.24) is 4.90 Å². The molecule has 168 valence electrons. The van der Waals surface area contributed by atoms with Gasteiger partial charge in [0.05, 0.1) is 30.9 Å². The van der Waals surface area contributed by atoms with E-state index in [1.807, 2.05) is 30.3 Å². The van der Waals surface area contributed by atoms with E-state index < -0.39 is 12.1 Å². The quantitative estimate of drug-likeness (QED) is 0.573. The van der Waals surface area contributed by atoms with Crippen LogP contribution in [-0.2, 0) is 14.3 Å². The first-order valence-electron chi connectivity index (χ1n) is 9.84. The molecule has 32 heavy (non-hydrogen) atoms. The van der Waals surface area contributed by atoms with Crippen LogP contribution >= 0.6 is 11.8 Å². The molecule has 0 aromatic heterocycles. The number of carbonyl (C=O) groups is 2. The van der Waals surface area contributed by atoms with Crippen LogP contribution in [0.1, 0.15) is 12.5 Å². The Kier molecular flexibility index (Phi) is 7.91. The molecule has 0 spiro atoms. The normalized spacial score (nSPS) is 17.1. The number of carboxylic acids is 1. The van der Waals surface area contributed by atoms with E-state index in [1.54, 1.807) is 36.3 Å². The Bertz CT molecular complexity index is 1040. The number of hydrogen-bond acceptors (Lipinski definition) is 7. The summed E-state index contributed by atoms with van der Waals surface area (Å²) in [7, 11) is 3.05. The Morgan fingerprint density at radius 3 is 2.59 bits per heavy atom. The summed E-state index contributed by atoms with van der Waals surface area (Å²) < 4.78 is 15.9. The average Bonchev–Trinajstić information content (AvgIpc) is 3.07. The summed E-state index contributed by atoms with van der Waals surface area (Å²) >= 11 is 1.28. The second kappa shape index (κ2) is 10.8. The van der Waals surface area contributed by atoms with E-state index in [2.05, 4.69) is 4.99 Å². The zero-order chi connectivity index (χ0) is 23.1. The molecule has 1 N–H and O–H groups in total. The summed E-state index contributed by atoms with van der Waals surface area (Å²) in [5.74, 6) is -0.562. The SMILES string of the molecule is COCCN1C(=O)/C(=C/c2ccc(O[C@@H](C)C(=O)O)c(OC)c2)SC1=Nc1ccccc1. The molecule has 0 unspecified atom stereocenters. The minimum absolute atomic E-state index is 0.166. The zero-order valence-corrected chi connectivity index (χ0v) is 18.8. The number of carboxylic acid groups (broad SMARTS) is 1. The number of ether oxygens (including phenoxy) is 3. The number of aliphatic imine (C=N–C) groups is 1. The maximum atomic E-state index is 13.0. The highest BCUT2D eigenvalue weighted by Crippen LogP contribution is 2.36. The molecular formula is C23H24N2O6S. The lowest BCUT2D eigenvalue weighted by Crippen LogP contribution is -2.32. The number of rotatable bonds is 9. The minimum atomic E-state index is -1.08. The molecule has 0 bridgehead atoms. The fourth-order valence-corrected chi connectivity index (χ4v) is 3.87. The van der Waals surface area contributed by atoms with Gasteiger partial charge >= 0.3 is 5.97 Å². The van der Waals surface area contributed by atoms with Gasteiger partial charge in [0.15, 0.2) is 22.8 Å². The second-order valence-electron chi connectivity index (χ2n) is 6.80. The summed E-state index contributed by atoms with van der Waals surface area (Å²) in [6, 6.07) is 14.5. The molecule has 3 rings (SSSR count). The lowest BCUT2D eigenvalue weighted by Gasteiger charge is -2.15. The maximum Gasteiger partial charge on any atom is 0.344 e. The molecule has 1 heterocycles. The second-order valence-corrected chi connectivity index (χ2v) is 7.81. The van der Waals surface area contributed by atoms with Crippen LogP contribution in [0.3, 0.4) is 0 Å². The van der Waals surface area contributed by atoms with Crippen molar-refractivity contribution >= 4 is 40.6 Å². The predicted octanol–water partition coefficient (Wildman–Crippen LogP) is 3.80. The average molecular weight is 457 g/mol. The Balaban J connectivity index is 1.89. The van der Waals surface area contributed by atoms with E-state index in [1.165, 1.54) is 25.8 Å². The molecular weight excluding hydrogens is 432 g/mol. The lowest BCUT2D eigenvalue weighted by molar-refractivity contribution is -0.144. The van der Waals surface area contributed by atoms with Gasteiger partial charge in [0.1, 0.15) is 0 Å². The van der Waals surface area contributed by atoms with Crippen molar-refractivity contribution in [2.24, 2.45) is 4.99 Å². The van der Waals surface area contributed by atoms with Crippen molar-refractivity contribution in [3.8, 4) is 11.5 Å². The van der Waals surface area contributed by atoms with Crippen LogP contribution in [0.4, 0.5) is 5.69 Å². The van der Waals surface area contributed by atoms with Gasteiger partial charge in [-0.3, -0.25) is 9.69 Å². The summed E-state index contributed by atoms with van der Waals surface area (Å²) in [5.41, 5.74) is 1.46. The number of methoxy groups -OCH3 is 2. The first-order valence-corrected chi connectivity index (χ1v) is 10.7. The zero-order valence-electron chi connectivity index (χ0n) is 18.0. The monoisotopic (exact) mass is 456 g/mol. The van der Waals surface area contributed by atoms with Crippen molar-refractivity contribution in [2.75, 3.05) is 27.4 Å². The van der Waals surface area contributed by atoms with Gasteiger partial charge in [-0.2, -0.15) is 0 Å². The van der Waals surface area contributed by atoms with E-state index in [0.29, 0.717) is 40.3 Å². The summed E-state index contributed by atoms with van der Waals surface area (Å²) in [5, 5.41) is 9.63. The Morgan fingerprint density at radius 2 is 1.94 bits per heavy atom. The third-order valence-corrected chi connectivity index (χ3v) is 5.53. The Hall–Kier alpha value is -3.30. The highest BCUT2D eigenvalue weighted by atomic mass is 32.2. The van der Waals surface area contributed by atoms with E-state index >= 15 is 0 Å². The maximum absolute atomic E-state index is 13.0. The Labute approximate surface area is 190 Å². The highest BCUT2D eigenvalue weighted by Gasteiger charge is 2.33. The fourth-order valence-electron chi connectivity index (χ4n) is 2.85. The molecule has 1 saturated heterocycles. The summed E-state index contributed by atoms with van der Waals surface area (Å²) in [6.45, 7) is 2.21. The molecule has 9 heteroatoms. The van der Waals surface area contributed by atoms with Crippen LogP contribution in [0.5, 0.6) is 11.5 Å². The molecule has 1 amide bonds. The van der Waals surface area contributed by atoms with Gasteiger partial charge in [0.2, 0.25) is 0 Å². The number of benzene rings is 2. The number of thioether (sulfide) groups is 1. The van der Waals surface area contributed by atoms with Crippen LogP contribution in [0, 0.1) is 0 Å². The topological polar surface area (TPSA) is 97.7 Å². The fraction of sp³-hybridized carbons (Fsp3) is 0.261. The number of carbonyl (C=O) groups excluding carboxylic acids is 1. The summed E-state index contributed by atoms with van der Waals surface area (Å²) in [6.07, 6.45) is 0.721. The molecule has 0 radical (unpaired) electrons. The van der Waals surface area contributed by atoms with Crippen LogP contribution in [0.25, 0.3) is 6.08 Å². The van der Waals surface area contributed by atoms with E-state index in [4.69, 9.17) is 19.3 Å². The van der Waals surface area contributed by atoms with Crippen molar-refractivity contribution in [3.63, 3.8) is 0 Å². The van der Waals surface area contributed by atoms with E-state index in [0.717, 1.165) is 5.69 Å². The lowest BCUT2D eigenvalue weighted by atomic mass is 10.2. The van der Waals surface area contributed by atoms with Gasteiger partial charge in [-0.1, -0.05) is 24.3 Å². The molecule has 0 saturated carbocycles. The van der Waals surface area contributed by atoms with Gasteiger partial charge < -0.3 is 19.3 Å². The number of amides is 1. The van der Waals surface area contributed by atoms with Crippen molar-refractivity contribution in [1.29, 1.82) is 0 Å². The third kappa shape index (κ3) is 5.68. The van der Waals surface area contributed by atoms with Gasteiger partial charge in [0.25, 0.3) is 5.91 Å². The number of nitrogens with zero attached hydrogens (tertiary/aromatic N) is 2. The Morgan fingerprint density at radius 1 is 1.19 bits per heavy atom. The molecule has 1 aliphatic heterocycles. The van der Waals surface area contributed by atoms with Crippen LogP contribution in [0.2, 0.25) is 0 Å². The van der Waals surface area contributed by atoms with Crippen molar-refractivity contribution < 1.29 is 28.9 Å². The minimum Gasteiger partial charge on any atom is -0.493 e. The highest BCUT2D eigenvalue weighted by molar-refractivity contribution is 8.18.